The van der Waals surface area contributed by atoms with Crippen LogP contribution < -0.4 is 10.1 Å². The van der Waals surface area contributed by atoms with Crippen molar-refractivity contribution in [2.24, 2.45) is 0 Å². The van der Waals surface area contributed by atoms with Gasteiger partial charge in [-0.3, -0.25) is 4.79 Å². The van der Waals surface area contributed by atoms with E-state index in [0.717, 1.165) is 11.3 Å². The van der Waals surface area contributed by atoms with Crippen LogP contribution in [0, 0.1) is 0 Å². The highest BCUT2D eigenvalue weighted by atomic mass is 35.5. The Morgan fingerprint density at radius 1 is 1.20 bits per heavy atom. The number of ether oxygens (including phenoxy) is 1. The minimum absolute atomic E-state index is 0.131. The van der Waals surface area contributed by atoms with Gasteiger partial charge in [0.15, 0.2) is 0 Å². The van der Waals surface area contributed by atoms with Crippen LogP contribution in [0.1, 0.15) is 28.9 Å². The number of rotatable bonds is 4. The van der Waals surface area contributed by atoms with Crippen LogP contribution in [0.15, 0.2) is 48.5 Å². The standard InChI is InChI=1S/C16H16ClNO2/c1-11(12-6-5-7-13(10-12)20-2)18-16(19)14-8-3-4-9-15(14)17/h3-11H,1-2H3,(H,18,19)/t11-/m0/s1. The lowest BCUT2D eigenvalue weighted by atomic mass is 10.1. The molecule has 0 saturated carbocycles. The number of methoxy groups -OCH3 is 1. The van der Waals surface area contributed by atoms with Gasteiger partial charge in [0.05, 0.1) is 23.7 Å². The van der Waals surface area contributed by atoms with E-state index >= 15 is 0 Å². The van der Waals surface area contributed by atoms with Crippen molar-refractivity contribution in [3.8, 4) is 5.75 Å². The first-order valence-corrected chi connectivity index (χ1v) is 6.69. The van der Waals surface area contributed by atoms with Gasteiger partial charge < -0.3 is 10.1 Å². The highest BCUT2D eigenvalue weighted by Crippen LogP contribution is 2.20. The molecule has 1 atom stereocenters. The van der Waals surface area contributed by atoms with Crippen molar-refractivity contribution in [1.29, 1.82) is 0 Å². The second kappa shape index (κ2) is 6.44. The summed E-state index contributed by atoms with van der Waals surface area (Å²) in [4.78, 5) is 12.2. The Morgan fingerprint density at radius 3 is 2.65 bits per heavy atom. The van der Waals surface area contributed by atoms with E-state index in [2.05, 4.69) is 5.32 Å². The summed E-state index contributed by atoms with van der Waals surface area (Å²) in [7, 11) is 1.62. The summed E-state index contributed by atoms with van der Waals surface area (Å²) in [6.07, 6.45) is 0. The van der Waals surface area contributed by atoms with Gasteiger partial charge in [-0.25, -0.2) is 0 Å². The molecule has 0 radical (unpaired) electrons. The topological polar surface area (TPSA) is 38.3 Å². The van der Waals surface area contributed by atoms with Gasteiger partial charge in [-0.2, -0.15) is 0 Å². The Morgan fingerprint density at radius 2 is 1.95 bits per heavy atom. The molecule has 20 heavy (non-hydrogen) atoms. The average molecular weight is 290 g/mol. The zero-order chi connectivity index (χ0) is 14.5. The van der Waals surface area contributed by atoms with E-state index < -0.39 is 0 Å². The molecule has 0 aliphatic rings. The Labute approximate surface area is 123 Å². The summed E-state index contributed by atoms with van der Waals surface area (Å²) in [5, 5.41) is 3.37. The van der Waals surface area contributed by atoms with Gasteiger partial charge in [0.1, 0.15) is 5.75 Å². The summed E-state index contributed by atoms with van der Waals surface area (Å²) in [6, 6.07) is 14.5. The quantitative estimate of drug-likeness (QED) is 0.929. The molecule has 2 aromatic carbocycles. The lowest BCUT2D eigenvalue weighted by molar-refractivity contribution is 0.0940. The average Bonchev–Trinajstić information content (AvgIpc) is 2.47. The Balaban J connectivity index is 2.13. The van der Waals surface area contributed by atoms with Crippen molar-refractivity contribution in [1.82, 2.24) is 5.32 Å². The van der Waals surface area contributed by atoms with Gasteiger partial charge in [0, 0.05) is 0 Å². The SMILES string of the molecule is COc1cccc([C@H](C)NC(=O)c2ccccc2Cl)c1. The zero-order valence-corrected chi connectivity index (χ0v) is 12.1. The third-order valence-electron chi connectivity index (χ3n) is 3.06. The fourth-order valence-corrected chi connectivity index (χ4v) is 2.14. The molecule has 2 aromatic rings. The normalized spacial score (nSPS) is 11.8. The predicted octanol–water partition coefficient (Wildman–Crippen LogP) is 3.84. The summed E-state index contributed by atoms with van der Waals surface area (Å²) >= 11 is 6.02. The second-order valence-electron chi connectivity index (χ2n) is 4.45. The summed E-state index contributed by atoms with van der Waals surface area (Å²) in [6.45, 7) is 1.92. The van der Waals surface area contributed by atoms with Crippen LogP contribution in [0.4, 0.5) is 0 Å². The van der Waals surface area contributed by atoms with Crippen LogP contribution in [-0.4, -0.2) is 13.0 Å². The minimum Gasteiger partial charge on any atom is -0.497 e. The number of hydrogen-bond acceptors (Lipinski definition) is 2. The Hall–Kier alpha value is -2.00. The molecular formula is C16H16ClNO2. The van der Waals surface area contributed by atoms with Crippen LogP contribution >= 0.6 is 11.6 Å². The molecule has 0 saturated heterocycles. The monoisotopic (exact) mass is 289 g/mol. The number of carbonyl (C=O) groups excluding carboxylic acids is 1. The third-order valence-corrected chi connectivity index (χ3v) is 3.39. The van der Waals surface area contributed by atoms with Gasteiger partial charge in [-0.15, -0.1) is 0 Å². The van der Waals surface area contributed by atoms with E-state index in [1.165, 1.54) is 0 Å². The van der Waals surface area contributed by atoms with Gasteiger partial charge >= 0.3 is 0 Å². The maximum Gasteiger partial charge on any atom is 0.253 e. The van der Waals surface area contributed by atoms with Crippen LogP contribution in [-0.2, 0) is 0 Å². The molecule has 0 heterocycles. The maximum atomic E-state index is 12.2. The molecule has 0 spiro atoms. The molecule has 0 fully saturated rings. The summed E-state index contributed by atoms with van der Waals surface area (Å²) in [5.74, 6) is 0.576. The summed E-state index contributed by atoms with van der Waals surface area (Å²) < 4.78 is 5.18. The second-order valence-corrected chi connectivity index (χ2v) is 4.86. The van der Waals surface area contributed by atoms with Crippen molar-refractivity contribution in [3.63, 3.8) is 0 Å². The highest BCUT2D eigenvalue weighted by Gasteiger charge is 2.14. The lowest BCUT2D eigenvalue weighted by Crippen LogP contribution is -2.26. The smallest absolute Gasteiger partial charge is 0.253 e. The van der Waals surface area contributed by atoms with Crippen LogP contribution in [0.25, 0.3) is 0 Å². The van der Waals surface area contributed by atoms with E-state index in [0.29, 0.717) is 10.6 Å². The van der Waals surface area contributed by atoms with Gasteiger partial charge in [-0.1, -0.05) is 35.9 Å². The molecule has 0 aliphatic carbocycles. The van der Waals surface area contributed by atoms with Crippen molar-refractivity contribution in [2.75, 3.05) is 7.11 Å². The first kappa shape index (κ1) is 14.4. The number of halogens is 1. The van der Waals surface area contributed by atoms with Crippen LogP contribution in [0.5, 0.6) is 5.75 Å². The number of hydrogen-bond donors (Lipinski definition) is 1. The van der Waals surface area contributed by atoms with E-state index in [1.54, 1.807) is 31.4 Å². The maximum absolute atomic E-state index is 12.2. The van der Waals surface area contributed by atoms with E-state index in [4.69, 9.17) is 16.3 Å². The Bertz CT molecular complexity index is 613. The molecule has 104 valence electrons. The van der Waals surface area contributed by atoms with Crippen molar-refractivity contribution >= 4 is 17.5 Å². The van der Waals surface area contributed by atoms with Crippen molar-refractivity contribution < 1.29 is 9.53 Å². The van der Waals surface area contributed by atoms with Crippen molar-refractivity contribution in [2.45, 2.75) is 13.0 Å². The lowest BCUT2D eigenvalue weighted by Gasteiger charge is -2.15. The molecule has 1 amide bonds. The van der Waals surface area contributed by atoms with E-state index in [1.807, 2.05) is 31.2 Å². The molecule has 0 aliphatic heterocycles. The largest absolute Gasteiger partial charge is 0.497 e. The molecule has 3 nitrogen and oxygen atoms in total. The molecule has 2 rings (SSSR count). The molecule has 0 unspecified atom stereocenters. The van der Waals surface area contributed by atoms with Gasteiger partial charge in [-0.05, 0) is 36.8 Å². The Kier molecular flexibility index (Phi) is 4.64. The number of carbonyl (C=O) groups is 1. The van der Waals surface area contributed by atoms with Gasteiger partial charge in [0.2, 0.25) is 0 Å². The molecule has 1 N–H and O–H groups in total. The third kappa shape index (κ3) is 3.31. The molecule has 0 aromatic heterocycles. The van der Waals surface area contributed by atoms with Crippen LogP contribution in [0.3, 0.4) is 0 Å². The first-order valence-electron chi connectivity index (χ1n) is 6.31. The number of nitrogens with one attached hydrogen (secondary N) is 1. The predicted molar refractivity (Wildman–Crippen MR) is 80.3 cm³/mol. The highest BCUT2D eigenvalue weighted by molar-refractivity contribution is 6.33. The van der Waals surface area contributed by atoms with Gasteiger partial charge in [0.25, 0.3) is 5.91 Å². The van der Waals surface area contributed by atoms with Crippen LogP contribution in [0.2, 0.25) is 5.02 Å². The first-order chi connectivity index (χ1) is 9.61. The van der Waals surface area contributed by atoms with E-state index in [-0.39, 0.29) is 11.9 Å². The zero-order valence-electron chi connectivity index (χ0n) is 11.4. The number of amides is 1. The minimum atomic E-state index is -0.189. The molecule has 4 heteroatoms. The van der Waals surface area contributed by atoms with Crippen molar-refractivity contribution in [3.05, 3.63) is 64.7 Å². The van der Waals surface area contributed by atoms with E-state index in [9.17, 15) is 4.79 Å². The number of benzene rings is 2. The fraction of sp³-hybridized carbons (Fsp3) is 0.188. The molecule has 0 bridgehead atoms. The fourth-order valence-electron chi connectivity index (χ4n) is 1.91. The molecular weight excluding hydrogens is 274 g/mol. The summed E-state index contributed by atoms with van der Waals surface area (Å²) in [5.41, 5.74) is 1.45.